The number of nitrogens with two attached hydrogens (primary N) is 1. The van der Waals surface area contributed by atoms with Gasteiger partial charge in [-0.25, -0.2) is 4.39 Å². The van der Waals surface area contributed by atoms with E-state index in [4.69, 9.17) is 19.3 Å². The number of halogens is 1. The SMILES string of the molecule is COc1cccc2c(=O)c(-c3ccc(C4(c5c(F)ccc6oc(-c7ccccc7)c(-c7ccc(C8(N)CCC8)cc7)c(=O)c56)CCC4)cc3)c(-c3ccccc3)oc12. The lowest BCUT2D eigenvalue weighted by atomic mass is 9.59. The van der Waals surface area contributed by atoms with Gasteiger partial charge in [-0.3, -0.25) is 9.59 Å². The molecule has 2 fully saturated rings. The van der Waals surface area contributed by atoms with E-state index in [1.807, 2.05) is 109 Å². The zero-order chi connectivity index (χ0) is 39.6. The van der Waals surface area contributed by atoms with E-state index in [1.54, 1.807) is 31.4 Å². The van der Waals surface area contributed by atoms with Crippen molar-refractivity contribution in [3.63, 3.8) is 0 Å². The Hall–Kier alpha value is -6.57. The standard InChI is InChI=1S/C51H40FNO5/c1-56-40-16-8-15-37-45(54)41(48(58-49(37)40)34-13-6-3-7-14-34)31-17-21-35(22-18-31)50(27-9-28-50)44-38(52)25-26-39-43(44)46(55)42(47(57-39)33-11-4-2-5-12-33)32-19-23-36(24-20-32)51(53)29-10-30-51/h2-8,11-26H,9-10,27-30,53H2,1H3. The minimum absolute atomic E-state index is 0.188. The van der Waals surface area contributed by atoms with Crippen molar-refractivity contribution in [2.24, 2.45) is 5.73 Å². The van der Waals surface area contributed by atoms with Crippen molar-refractivity contribution < 1.29 is 18.0 Å². The predicted octanol–water partition coefficient (Wildman–Crippen LogP) is 11.5. The van der Waals surface area contributed by atoms with Crippen LogP contribution in [0.15, 0.2) is 158 Å². The number of hydrogen-bond acceptors (Lipinski definition) is 6. The van der Waals surface area contributed by atoms with Crippen LogP contribution in [0.1, 0.15) is 55.2 Å². The Morgan fingerprint density at radius 2 is 1.16 bits per heavy atom. The second-order valence-corrected chi connectivity index (χ2v) is 15.7. The van der Waals surface area contributed by atoms with Crippen LogP contribution in [0.25, 0.3) is 66.8 Å². The highest BCUT2D eigenvalue weighted by molar-refractivity contribution is 5.93. The maximum Gasteiger partial charge on any atom is 0.201 e. The molecule has 0 radical (unpaired) electrons. The number of fused-ring (bicyclic) bond motifs is 2. The molecular weight excluding hydrogens is 726 g/mol. The van der Waals surface area contributed by atoms with Gasteiger partial charge in [-0.05, 0) is 78.6 Å². The van der Waals surface area contributed by atoms with Crippen molar-refractivity contribution in [2.75, 3.05) is 7.11 Å². The van der Waals surface area contributed by atoms with Gasteiger partial charge in [0.1, 0.15) is 22.9 Å². The number of rotatable bonds is 8. The van der Waals surface area contributed by atoms with Crippen LogP contribution in [-0.4, -0.2) is 7.11 Å². The summed E-state index contributed by atoms with van der Waals surface area (Å²) in [6.45, 7) is 0. The van der Waals surface area contributed by atoms with Crippen molar-refractivity contribution in [1.29, 1.82) is 0 Å². The van der Waals surface area contributed by atoms with E-state index in [-0.39, 0.29) is 21.8 Å². The third-order valence-electron chi connectivity index (χ3n) is 12.6. The maximum absolute atomic E-state index is 16.7. The van der Waals surface area contributed by atoms with Crippen LogP contribution >= 0.6 is 0 Å². The van der Waals surface area contributed by atoms with Gasteiger partial charge in [0.2, 0.25) is 10.9 Å². The normalized spacial score (nSPS) is 15.5. The van der Waals surface area contributed by atoms with Crippen LogP contribution in [0.5, 0.6) is 5.75 Å². The van der Waals surface area contributed by atoms with Gasteiger partial charge >= 0.3 is 0 Å². The third kappa shape index (κ3) is 5.56. The topological polar surface area (TPSA) is 95.7 Å². The summed E-state index contributed by atoms with van der Waals surface area (Å²) < 4.78 is 35.4. The zero-order valence-electron chi connectivity index (χ0n) is 32.0. The number of methoxy groups -OCH3 is 1. The van der Waals surface area contributed by atoms with E-state index in [0.717, 1.165) is 47.9 Å². The van der Waals surface area contributed by atoms with Crippen molar-refractivity contribution >= 4 is 21.9 Å². The summed E-state index contributed by atoms with van der Waals surface area (Å²) in [6, 6.07) is 43.0. The molecule has 8 aromatic rings. The first kappa shape index (κ1) is 35.8. The molecule has 10 rings (SSSR count). The molecule has 0 amide bonds. The van der Waals surface area contributed by atoms with E-state index >= 15 is 9.18 Å². The molecule has 6 aromatic carbocycles. The quantitative estimate of drug-likeness (QED) is 0.165. The molecule has 286 valence electrons. The molecule has 0 spiro atoms. The van der Waals surface area contributed by atoms with E-state index in [0.29, 0.717) is 74.5 Å². The Morgan fingerprint density at radius 1 is 0.586 bits per heavy atom. The van der Waals surface area contributed by atoms with Gasteiger partial charge in [-0.1, -0.05) is 122 Å². The number of hydrogen-bond donors (Lipinski definition) is 1. The van der Waals surface area contributed by atoms with Crippen LogP contribution < -0.4 is 21.3 Å². The lowest BCUT2D eigenvalue weighted by Crippen LogP contribution is -2.43. The minimum Gasteiger partial charge on any atom is -0.493 e. The molecule has 0 saturated heterocycles. The smallest absolute Gasteiger partial charge is 0.201 e. The lowest BCUT2D eigenvalue weighted by molar-refractivity contribution is 0.253. The van der Waals surface area contributed by atoms with E-state index in [9.17, 15) is 4.79 Å². The Labute approximate surface area is 334 Å². The van der Waals surface area contributed by atoms with E-state index in [1.165, 1.54) is 6.07 Å². The van der Waals surface area contributed by atoms with Crippen molar-refractivity contribution in [2.45, 2.75) is 49.5 Å². The Morgan fingerprint density at radius 3 is 1.71 bits per heavy atom. The summed E-state index contributed by atoms with van der Waals surface area (Å²) in [6.07, 6.45) is 5.06. The highest BCUT2D eigenvalue weighted by atomic mass is 19.1. The van der Waals surface area contributed by atoms with Crippen LogP contribution in [0.3, 0.4) is 0 Å². The summed E-state index contributed by atoms with van der Waals surface area (Å²) in [5.41, 5.74) is 11.6. The van der Waals surface area contributed by atoms with Gasteiger partial charge in [-0.2, -0.15) is 0 Å². The molecular formula is C51H40FNO5. The predicted molar refractivity (Wildman–Crippen MR) is 228 cm³/mol. The molecule has 58 heavy (non-hydrogen) atoms. The Balaban J connectivity index is 1.14. The first-order valence-corrected chi connectivity index (χ1v) is 19.8. The summed E-state index contributed by atoms with van der Waals surface area (Å²) >= 11 is 0. The summed E-state index contributed by atoms with van der Waals surface area (Å²) in [7, 11) is 1.55. The molecule has 0 aliphatic heterocycles. The van der Waals surface area contributed by atoms with Crippen LogP contribution in [-0.2, 0) is 11.0 Å². The van der Waals surface area contributed by atoms with Crippen molar-refractivity contribution in [1.82, 2.24) is 0 Å². The summed E-state index contributed by atoms with van der Waals surface area (Å²) in [4.78, 5) is 29.5. The Bertz CT molecular complexity index is 2980. The molecule has 0 atom stereocenters. The fourth-order valence-electron chi connectivity index (χ4n) is 9.17. The molecule has 6 nitrogen and oxygen atoms in total. The third-order valence-corrected chi connectivity index (χ3v) is 12.6. The second kappa shape index (κ2) is 13.8. The molecule has 2 aliphatic carbocycles. The average molecular weight is 766 g/mol. The first-order valence-electron chi connectivity index (χ1n) is 19.8. The van der Waals surface area contributed by atoms with E-state index in [2.05, 4.69) is 0 Å². The van der Waals surface area contributed by atoms with Gasteiger partial charge in [0.05, 0.1) is 29.0 Å². The maximum atomic E-state index is 16.7. The summed E-state index contributed by atoms with van der Waals surface area (Å²) in [5, 5.41) is 0.649. The van der Waals surface area contributed by atoms with Gasteiger partial charge in [0.15, 0.2) is 11.3 Å². The van der Waals surface area contributed by atoms with Gasteiger partial charge in [0.25, 0.3) is 0 Å². The molecule has 2 saturated carbocycles. The van der Waals surface area contributed by atoms with Crippen LogP contribution in [0.4, 0.5) is 4.39 Å². The molecule has 2 aromatic heterocycles. The fourth-order valence-corrected chi connectivity index (χ4v) is 9.17. The van der Waals surface area contributed by atoms with Crippen LogP contribution in [0, 0.1) is 5.82 Å². The van der Waals surface area contributed by atoms with Crippen molar-refractivity contribution in [3.8, 4) is 50.7 Å². The highest BCUT2D eigenvalue weighted by Gasteiger charge is 2.44. The zero-order valence-corrected chi connectivity index (χ0v) is 32.0. The van der Waals surface area contributed by atoms with Gasteiger partial charge in [-0.15, -0.1) is 0 Å². The molecule has 2 aliphatic rings. The van der Waals surface area contributed by atoms with Gasteiger partial charge < -0.3 is 19.3 Å². The van der Waals surface area contributed by atoms with E-state index < -0.39 is 11.2 Å². The molecule has 2 heterocycles. The number of benzene rings is 6. The molecule has 0 unspecified atom stereocenters. The van der Waals surface area contributed by atoms with Gasteiger partial charge in [0, 0.05) is 27.6 Å². The minimum atomic E-state index is -0.800. The summed E-state index contributed by atoms with van der Waals surface area (Å²) in [5.74, 6) is 0.872. The monoisotopic (exact) mass is 765 g/mol. The molecule has 7 heteroatoms. The Kier molecular flexibility index (Phi) is 8.53. The fraction of sp³-hybridized carbons (Fsp3) is 0.176. The lowest BCUT2D eigenvalue weighted by Gasteiger charge is -2.43. The van der Waals surface area contributed by atoms with Crippen LogP contribution in [0.2, 0.25) is 0 Å². The number of ether oxygens (including phenoxy) is 1. The largest absolute Gasteiger partial charge is 0.493 e. The number of para-hydroxylation sites is 1. The molecule has 0 bridgehead atoms. The second-order valence-electron chi connectivity index (χ2n) is 15.7. The molecule has 2 N–H and O–H groups in total. The average Bonchev–Trinajstić information content (AvgIpc) is 3.24. The van der Waals surface area contributed by atoms with Crippen molar-refractivity contribution in [3.05, 3.63) is 182 Å². The first-order chi connectivity index (χ1) is 28.3. The highest BCUT2D eigenvalue weighted by Crippen LogP contribution is 2.52.